The summed E-state index contributed by atoms with van der Waals surface area (Å²) in [6.45, 7) is 2.20. The van der Waals surface area contributed by atoms with Gasteiger partial charge in [-0.05, 0) is 13.3 Å². The van der Waals surface area contributed by atoms with Crippen molar-refractivity contribution in [3.63, 3.8) is 0 Å². The Bertz CT molecular complexity index is 459. The molecule has 4 nitrogen and oxygen atoms in total. The van der Waals surface area contributed by atoms with Gasteiger partial charge in [0.1, 0.15) is 5.02 Å². The zero-order valence-electron chi connectivity index (χ0n) is 9.72. The van der Waals surface area contributed by atoms with E-state index in [1.54, 1.807) is 6.92 Å². The number of nitrogens with zero attached hydrogens (tertiary/aromatic N) is 2. The lowest BCUT2D eigenvalue weighted by Gasteiger charge is -2.10. The minimum absolute atomic E-state index is 0.0566. The SMILES string of the molecule is CCn1ncc(NCCCC(F)(F)F)c(Cl)c1=O. The Hall–Kier alpha value is -1.24. The molecule has 0 aromatic carbocycles. The Morgan fingerprint density at radius 1 is 1.50 bits per heavy atom. The zero-order chi connectivity index (χ0) is 13.8. The van der Waals surface area contributed by atoms with Gasteiger partial charge in [-0.3, -0.25) is 4.79 Å². The van der Waals surface area contributed by atoms with Crippen molar-refractivity contribution in [3.8, 4) is 0 Å². The summed E-state index contributed by atoms with van der Waals surface area (Å²) in [5.41, 5.74) is -0.200. The molecule has 0 atom stereocenters. The largest absolute Gasteiger partial charge is 0.389 e. The molecule has 1 aromatic rings. The number of alkyl halides is 3. The van der Waals surface area contributed by atoms with Crippen molar-refractivity contribution in [2.24, 2.45) is 0 Å². The van der Waals surface area contributed by atoms with E-state index in [9.17, 15) is 18.0 Å². The van der Waals surface area contributed by atoms with Gasteiger partial charge in [-0.1, -0.05) is 11.6 Å². The molecule has 1 rings (SSSR count). The molecule has 0 saturated carbocycles. The smallest absolute Gasteiger partial charge is 0.382 e. The van der Waals surface area contributed by atoms with E-state index in [0.717, 1.165) is 0 Å². The second-order valence-corrected chi connectivity index (χ2v) is 4.02. The summed E-state index contributed by atoms with van der Waals surface area (Å²) < 4.78 is 36.9. The fraction of sp³-hybridized carbons (Fsp3) is 0.600. The summed E-state index contributed by atoms with van der Waals surface area (Å²) in [6.07, 6.45) is -3.80. The number of hydrogen-bond acceptors (Lipinski definition) is 3. The van der Waals surface area contributed by atoms with Crippen LogP contribution in [0.5, 0.6) is 0 Å². The molecule has 0 aliphatic rings. The molecule has 0 fully saturated rings. The second-order valence-electron chi connectivity index (χ2n) is 3.64. The maximum atomic E-state index is 11.9. The molecule has 0 bridgehead atoms. The highest BCUT2D eigenvalue weighted by atomic mass is 35.5. The molecule has 0 spiro atoms. The molecule has 1 N–H and O–H groups in total. The summed E-state index contributed by atoms with van der Waals surface area (Å²) in [4.78, 5) is 11.6. The number of nitrogens with one attached hydrogen (secondary N) is 1. The van der Waals surface area contributed by atoms with Crippen molar-refractivity contribution in [1.29, 1.82) is 0 Å². The Morgan fingerprint density at radius 3 is 2.72 bits per heavy atom. The standard InChI is InChI=1S/C10H13ClF3N3O/c1-2-17-9(18)8(11)7(6-16-17)15-5-3-4-10(12,13)14/h6,15H,2-5H2,1H3. The average Bonchev–Trinajstić information content (AvgIpc) is 2.28. The van der Waals surface area contributed by atoms with Crippen LogP contribution in [0.1, 0.15) is 19.8 Å². The van der Waals surface area contributed by atoms with E-state index in [2.05, 4.69) is 10.4 Å². The number of anilines is 1. The minimum Gasteiger partial charge on any atom is -0.382 e. The van der Waals surface area contributed by atoms with Crippen molar-refractivity contribution in [1.82, 2.24) is 9.78 Å². The Balaban J connectivity index is 2.59. The van der Waals surface area contributed by atoms with Crippen LogP contribution in [0.25, 0.3) is 0 Å². The van der Waals surface area contributed by atoms with Crippen LogP contribution in [0, 0.1) is 0 Å². The van der Waals surface area contributed by atoms with Gasteiger partial charge in [0.15, 0.2) is 0 Å². The zero-order valence-corrected chi connectivity index (χ0v) is 10.5. The van der Waals surface area contributed by atoms with Gasteiger partial charge < -0.3 is 5.32 Å². The van der Waals surface area contributed by atoms with E-state index < -0.39 is 18.2 Å². The molecule has 0 aliphatic carbocycles. The van der Waals surface area contributed by atoms with Crippen molar-refractivity contribution in [2.45, 2.75) is 32.5 Å². The minimum atomic E-state index is -4.17. The highest BCUT2D eigenvalue weighted by molar-refractivity contribution is 6.32. The third kappa shape index (κ3) is 4.21. The quantitative estimate of drug-likeness (QED) is 0.845. The molecular weight excluding hydrogens is 271 g/mol. The first-order chi connectivity index (χ1) is 8.35. The molecule has 8 heteroatoms. The molecule has 0 aliphatic heterocycles. The van der Waals surface area contributed by atoms with Gasteiger partial charge in [-0.15, -0.1) is 0 Å². The van der Waals surface area contributed by atoms with E-state index in [0.29, 0.717) is 6.54 Å². The van der Waals surface area contributed by atoms with Crippen LogP contribution in [0.3, 0.4) is 0 Å². The summed E-state index contributed by atoms with van der Waals surface area (Å²) in [5.74, 6) is 0. The van der Waals surface area contributed by atoms with Crippen LogP contribution in [0.2, 0.25) is 5.02 Å². The Kier molecular flexibility index (Phi) is 5.01. The first-order valence-corrected chi connectivity index (χ1v) is 5.79. The fourth-order valence-electron chi connectivity index (χ4n) is 1.33. The topological polar surface area (TPSA) is 46.9 Å². The van der Waals surface area contributed by atoms with Crippen molar-refractivity contribution >= 4 is 17.3 Å². The first kappa shape index (κ1) is 14.8. The molecule has 0 saturated heterocycles. The van der Waals surface area contributed by atoms with Crippen LogP contribution < -0.4 is 10.9 Å². The number of aryl methyl sites for hydroxylation is 1. The fourth-order valence-corrected chi connectivity index (χ4v) is 1.54. The van der Waals surface area contributed by atoms with E-state index in [-0.39, 0.29) is 23.7 Å². The monoisotopic (exact) mass is 283 g/mol. The van der Waals surface area contributed by atoms with Gasteiger partial charge in [-0.25, -0.2) is 4.68 Å². The highest BCUT2D eigenvalue weighted by Crippen LogP contribution is 2.21. The second kappa shape index (κ2) is 6.08. The van der Waals surface area contributed by atoms with Crippen LogP contribution in [0.15, 0.2) is 11.0 Å². The molecule has 18 heavy (non-hydrogen) atoms. The predicted octanol–water partition coefficient (Wildman–Crippen LogP) is 2.67. The van der Waals surface area contributed by atoms with E-state index in [4.69, 9.17) is 11.6 Å². The van der Waals surface area contributed by atoms with Gasteiger partial charge in [-0.2, -0.15) is 18.3 Å². The average molecular weight is 284 g/mol. The van der Waals surface area contributed by atoms with Crippen molar-refractivity contribution in [3.05, 3.63) is 21.6 Å². The van der Waals surface area contributed by atoms with Crippen LogP contribution in [-0.2, 0) is 6.54 Å². The predicted molar refractivity (Wildman–Crippen MR) is 63.0 cm³/mol. The molecule has 0 radical (unpaired) electrons. The molecule has 1 heterocycles. The molecule has 0 unspecified atom stereocenters. The number of aromatic nitrogens is 2. The van der Waals surface area contributed by atoms with Crippen molar-refractivity contribution < 1.29 is 13.2 Å². The van der Waals surface area contributed by atoms with Gasteiger partial charge in [0.05, 0.1) is 11.9 Å². The van der Waals surface area contributed by atoms with Gasteiger partial charge in [0.25, 0.3) is 5.56 Å². The van der Waals surface area contributed by atoms with E-state index >= 15 is 0 Å². The van der Waals surface area contributed by atoms with Gasteiger partial charge in [0, 0.05) is 19.5 Å². The number of halogens is 4. The maximum absolute atomic E-state index is 11.9. The van der Waals surface area contributed by atoms with E-state index in [1.807, 2.05) is 0 Å². The third-order valence-corrected chi connectivity index (χ3v) is 2.60. The van der Waals surface area contributed by atoms with Crippen molar-refractivity contribution in [2.75, 3.05) is 11.9 Å². The van der Waals surface area contributed by atoms with Gasteiger partial charge >= 0.3 is 6.18 Å². The molecule has 1 aromatic heterocycles. The lowest BCUT2D eigenvalue weighted by Crippen LogP contribution is -2.23. The molecule has 0 amide bonds. The maximum Gasteiger partial charge on any atom is 0.389 e. The van der Waals surface area contributed by atoms with Crippen LogP contribution >= 0.6 is 11.6 Å². The highest BCUT2D eigenvalue weighted by Gasteiger charge is 2.25. The number of rotatable bonds is 5. The third-order valence-electron chi connectivity index (χ3n) is 2.24. The molecular formula is C10H13ClF3N3O. The summed E-state index contributed by atoms with van der Waals surface area (Å²) >= 11 is 5.79. The molecule has 102 valence electrons. The summed E-state index contributed by atoms with van der Waals surface area (Å²) in [6, 6.07) is 0. The van der Waals surface area contributed by atoms with Gasteiger partial charge in [0.2, 0.25) is 0 Å². The van der Waals surface area contributed by atoms with E-state index in [1.165, 1.54) is 10.9 Å². The summed E-state index contributed by atoms with van der Waals surface area (Å²) in [7, 11) is 0. The lowest BCUT2D eigenvalue weighted by atomic mass is 10.3. The normalized spacial score (nSPS) is 11.6. The first-order valence-electron chi connectivity index (χ1n) is 5.41. The summed E-state index contributed by atoms with van der Waals surface area (Å²) in [5, 5.41) is 6.43. The Morgan fingerprint density at radius 2 is 2.17 bits per heavy atom. The Labute approximate surface area is 107 Å². The van der Waals surface area contributed by atoms with Crippen LogP contribution in [-0.4, -0.2) is 22.5 Å². The van der Waals surface area contributed by atoms with Crippen LogP contribution in [0.4, 0.5) is 18.9 Å². The number of hydrogen-bond donors (Lipinski definition) is 1. The lowest BCUT2D eigenvalue weighted by molar-refractivity contribution is -0.134.